The van der Waals surface area contributed by atoms with Crippen LogP contribution in [-0.4, -0.2) is 23.7 Å². The summed E-state index contributed by atoms with van der Waals surface area (Å²) in [6.45, 7) is 7.49. The maximum Gasteiger partial charge on any atom is 0.305 e. The van der Waals surface area contributed by atoms with E-state index in [1.807, 2.05) is 0 Å². The first-order valence-corrected chi connectivity index (χ1v) is 31.0. The highest BCUT2D eigenvalue weighted by atomic mass is 16.5. The van der Waals surface area contributed by atoms with Gasteiger partial charge in [-0.3, -0.25) is 9.59 Å². The fourth-order valence-corrected chi connectivity index (χ4v) is 9.61. The fourth-order valence-electron chi connectivity index (χ4n) is 9.61. The Bertz CT molecular complexity index is 872. The third-order valence-corrected chi connectivity index (χ3v) is 14.2. The smallest absolute Gasteiger partial charge is 0.305 e. The van der Waals surface area contributed by atoms with Crippen LogP contribution in [0.1, 0.15) is 380 Å². The molecule has 0 amide bonds. The van der Waals surface area contributed by atoms with E-state index in [0.717, 1.165) is 25.7 Å². The van der Waals surface area contributed by atoms with Crippen molar-refractivity contribution < 1.29 is 19.4 Å². The molecule has 0 unspecified atom stereocenters. The predicted octanol–water partition coefficient (Wildman–Crippen LogP) is 22.5. The zero-order valence-electron chi connectivity index (χ0n) is 46.0. The van der Waals surface area contributed by atoms with Crippen molar-refractivity contribution in [1.82, 2.24) is 0 Å². The van der Waals surface area contributed by atoms with E-state index in [4.69, 9.17) is 9.84 Å². The van der Waals surface area contributed by atoms with Gasteiger partial charge in [0.15, 0.2) is 0 Å². The zero-order valence-corrected chi connectivity index (χ0v) is 46.0. The van der Waals surface area contributed by atoms with Crippen molar-refractivity contribution in [3.63, 3.8) is 0 Å². The van der Waals surface area contributed by atoms with E-state index in [1.165, 1.54) is 321 Å². The van der Waals surface area contributed by atoms with E-state index < -0.39 is 5.97 Å². The molecule has 0 aromatic rings. The van der Waals surface area contributed by atoms with Gasteiger partial charge in [0.1, 0.15) is 0 Å². The Morgan fingerprint density at radius 3 is 0.606 bits per heavy atom. The third-order valence-electron chi connectivity index (χ3n) is 14.2. The minimum absolute atomic E-state index is 0.0306. The van der Waals surface area contributed by atoms with Crippen LogP contribution in [0.4, 0.5) is 0 Å². The molecule has 0 spiro atoms. The Kier molecular flexibility index (Phi) is 64.9. The van der Waals surface area contributed by atoms with E-state index in [1.54, 1.807) is 0 Å². The van der Waals surface area contributed by atoms with Crippen molar-refractivity contribution in [2.75, 3.05) is 6.61 Å². The molecule has 0 radical (unpaired) electrons. The lowest BCUT2D eigenvalue weighted by Gasteiger charge is -2.06. The monoisotopic (exact) mass is 933 g/mol. The largest absolute Gasteiger partial charge is 0.481 e. The first kappa shape index (κ1) is 67.0. The highest BCUT2D eigenvalue weighted by Gasteiger charge is 2.03. The zero-order chi connectivity index (χ0) is 48.2. The second-order valence-corrected chi connectivity index (χ2v) is 21.1. The molecule has 4 nitrogen and oxygen atoms in total. The molecule has 4 heteroatoms. The summed E-state index contributed by atoms with van der Waals surface area (Å²) in [5.41, 5.74) is 0. The molecule has 0 aromatic heterocycles. The molecule has 0 bridgehead atoms. The van der Waals surface area contributed by atoms with E-state index in [9.17, 15) is 9.59 Å². The summed E-state index contributed by atoms with van der Waals surface area (Å²) in [7, 11) is 0. The van der Waals surface area contributed by atoms with Crippen LogP contribution in [-0.2, 0) is 14.3 Å². The van der Waals surface area contributed by atoms with Gasteiger partial charge in [0.05, 0.1) is 6.61 Å². The summed E-state index contributed by atoms with van der Waals surface area (Å²) in [4.78, 5) is 22.3. The standard InChI is InChI=1S/C46H92O2.C16H32O2/c1-3-5-7-9-11-13-15-17-18-19-20-21-22-23-24-25-26-27-28-29-30-31-33-35-37-39-41-43-45-48-46(47)44-42-40-38-36-34-32-16-14-12-10-8-6-4-2;1-2-3-4-5-6-7-8-9-10-11-12-13-14-15-16(17)18/h3-45H2,1-2H3;2-15H2,1H3,(H,17,18). The number of esters is 1. The van der Waals surface area contributed by atoms with Crippen LogP contribution in [0.5, 0.6) is 0 Å². The molecule has 0 saturated heterocycles. The molecule has 0 aliphatic rings. The highest BCUT2D eigenvalue weighted by molar-refractivity contribution is 5.69. The minimum Gasteiger partial charge on any atom is -0.481 e. The van der Waals surface area contributed by atoms with Gasteiger partial charge in [0, 0.05) is 12.8 Å². The van der Waals surface area contributed by atoms with Crippen LogP contribution >= 0.6 is 0 Å². The number of hydrogen-bond donors (Lipinski definition) is 1. The van der Waals surface area contributed by atoms with Crippen LogP contribution < -0.4 is 0 Å². The number of hydrogen-bond acceptors (Lipinski definition) is 3. The number of aliphatic carboxylic acids is 1. The minimum atomic E-state index is -0.655. The molecule has 0 aliphatic heterocycles. The lowest BCUT2D eigenvalue weighted by Crippen LogP contribution is -2.05. The predicted molar refractivity (Wildman–Crippen MR) is 294 cm³/mol. The molecule has 396 valence electrons. The number of carboxylic acid groups (broad SMARTS) is 1. The van der Waals surface area contributed by atoms with Crippen molar-refractivity contribution in [2.24, 2.45) is 0 Å². The average Bonchev–Trinajstić information content (AvgIpc) is 3.31. The summed E-state index contributed by atoms with van der Waals surface area (Å²) in [6.07, 6.45) is 75.2. The number of carbonyl (C=O) groups excluding carboxylic acids is 1. The first-order valence-electron chi connectivity index (χ1n) is 31.0. The van der Waals surface area contributed by atoms with Gasteiger partial charge in [-0.15, -0.1) is 0 Å². The number of carbonyl (C=O) groups is 2. The van der Waals surface area contributed by atoms with Crippen LogP contribution in [0.25, 0.3) is 0 Å². The van der Waals surface area contributed by atoms with Gasteiger partial charge >= 0.3 is 11.9 Å². The van der Waals surface area contributed by atoms with Crippen molar-refractivity contribution in [2.45, 2.75) is 380 Å². The summed E-state index contributed by atoms with van der Waals surface area (Å²) in [5, 5.41) is 8.49. The van der Waals surface area contributed by atoms with Gasteiger partial charge in [0.25, 0.3) is 0 Å². The van der Waals surface area contributed by atoms with Crippen LogP contribution in [0, 0.1) is 0 Å². The lowest BCUT2D eigenvalue weighted by molar-refractivity contribution is -0.144. The van der Waals surface area contributed by atoms with Gasteiger partial charge in [-0.1, -0.05) is 348 Å². The molecule has 0 aromatic carbocycles. The second-order valence-electron chi connectivity index (χ2n) is 21.1. The number of carboxylic acids is 1. The van der Waals surface area contributed by atoms with E-state index in [0.29, 0.717) is 19.4 Å². The molecule has 0 fully saturated rings. The summed E-state index contributed by atoms with van der Waals surface area (Å²) < 4.78 is 5.47. The van der Waals surface area contributed by atoms with E-state index in [2.05, 4.69) is 20.8 Å². The molecule has 1 N–H and O–H groups in total. The van der Waals surface area contributed by atoms with Gasteiger partial charge in [0.2, 0.25) is 0 Å². The second kappa shape index (κ2) is 63.9. The molecule has 0 rings (SSSR count). The van der Waals surface area contributed by atoms with E-state index in [-0.39, 0.29) is 5.97 Å². The maximum atomic E-state index is 12.0. The Balaban J connectivity index is 0. The normalized spacial score (nSPS) is 11.3. The SMILES string of the molecule is CCCCCCCCCCCCCCCC(=O)O.CCCCCCCCCCCCCCCCCCCCCCCCCCCCCCOC(=O)CCCCCCCCCCCCCCC. The molecule has 0 heterocycles. The van der Waals surface area contributed by atoms with Crippen LogP contribution in [0.3, 0.4) is 0 Å². The highest BCUT2D eigenvalue weighted by Crippen LogP contribution is 2.18. The van der Waals surface area contributed by atoms with Gasteiger partial charge < -0.3 is 9.84 Å². The molecular formula is C62H124O4. The Hall–Kier alpha value is -1.06. The van der Waals surface area contributed by atoms with Crippen molar-refractivity contribution in [3.05, 3.63) is 0 Å². The Labute approximate surface area is 416 Å². The fraction of sp³-hybridized carbons (Fsp3) is 0.968. The van der Waals surface area contributed by atoms with Gasteiger partial charge in [-0.2, -0.15) is 0 Å². The van der Waals surface area contributed by atoms with Crippen molar-refractivity contribution >= 4 is 11.9 Å². The first-order chi connectivity index (χ1) is 32.6. The number of unbranched alkanes of at least 4 members (excludes halogenated alkanes) is 51. The Morgan fingerprint density at radius 1 is 0.242 bits per heavy atom. The van der Waals surface area contributed by atoms with Gasteiger partial charge in [-0.05, 0) is 19.3 Å². The summed E-state index contributed by atoms with van der Waals surface area (Å²) in [5.74, 6) is -0.624. The third kappa shape index (κ3) is 67.2. The number of ether oxygens (including phenoxy) is 1. The molecule has 0 aliphatic carbocycles. The molecule has 66 heavy (non-hydrogen) atoms. The Morgan fingerprint density at radius 2 is 0.409 bits per heavy atom. The maximum absolute atomic E-state index is 12.0. The molecule has 0 atom stereocenters. The van der Waals surface area contributed by atoms with Gasteiger partial charge in [-0.25, -0.2) is 0 Å². The summed E-state index contributed by atoms with van der Waals surface area (Å²) in [6, 6.07) is 0. The number of rotatable bonds is 57. The molecular weight excluding hydrogens is 809 g/mol. The lowest BCUT2D eigenvalue weighted by atomic mass is 10.0. The average molecular weight is 934 g/mol. The topological polar surface area (TPSA) is 63.6 Å². The van der Waals surface area contributed by atoms with Crippen molar-refractivity contribution in [1.29, 1.82) is 0 Å². The summed E-state index contributed by atoms with van der Waals surface area (Å²) >= 11 is 0. The van der Waals surface area contributed by atoms with Crippen LogP contribution in [0.15, 0.2) is 0 Å². The van der Waals surface area contributed by atoms with Crippen LogP contribution in [0.2, 0.25) is 0 Å². The van der Waals surface area contributed by atoms with E-state index >= 15 is 0 Å². The molecule has 0 saturated carbocycles. The quantitative estimate of drug-likeness (QED) is 0.0488. The van der Waals surface area contributed by atoms with Crippen molar-refractivity contribution in [3.8, 4) is 0 Å².